The van der Waals surface area contributed by atoms with E-state index in [9.17, 15) is 14.8 Å². The van der Waals surface area contributed by atoms with E-state index in [0.29, 0.717) is 5.52 Å². The van der Waals surface area contributed by atoms with Crippen LogP contribution in [0.2, 0.25) is 0 Å². The summed E-state index contributed by atoms with van der Waals surface area (Å²) in [6.45, 7) is -0.594. The molecule has 0 spiro atoms. The Hall–Kier alpha value is -1.66. The average molecular weight is 347 g/mol. The molecule has 6 N–H and O–H groups in total. The summed E-state index contributed by atoms with van der Waals surface area (Å²) in [7, 11) is -4.72. The smallest absolute Gasteiger partial charge is 0.387 e. The van der Waals surface area contributed by atoms with Gasteiger partial charge in [-0.25, -0.2) is 19.5 Å². The zero-order valence-electron chi connectivity index (χ0n) is 11.5. The van der Waals surface area contributed by atoms with Crippen molar-refractivity contribution in [2.45, 2.75) is 24.5 Å². The summed E-state index contributed by atoms with van der Waals surface area (Å²) in [5.41, 5.74) is 6.25. The summed E-state index contributed by atoms with van der Waals surface area (Å²) in [5, 5.41) is 20.1. The van der Waals surface area contributed by atoms with E-state index < -0.39 is 39.0 Å². The summed E-state index contributed by atoms with van der Waals surface area (Å²) >= 11 is 0. The number of fused-ring (bicyclic) bond motifs is 1. The third-order valence-electron chi connectivity index (χ3n) is 3.41. The van der Waals surface area contributed by atoms with E-state index in [1.165, 1.54) is 17.2 Å². The van der Waals surface area contributed by atoms with E-state index in [1.54, 1.807) is 0 Å². The van der Waals surface area contributed by atoms with Gasteiger partial charge in [-0.05, 0) is 0 Å². The second-order valence-corrected chi connectivity index (χ2v) is 6.15. The Morgan fingerprint density at radius 3 is 2.74 bits per heavy atom. The van der Waals surface area contributed by atoms with Crippen LogP contribution in [0, 0.1) is 0 Å². The number of phosphoric acid groups is 1. The van der Waals surface area contributed by atoms with Crippen molar-refractivity contribution in [3.8, 4) is 0 Å². The standard InChI is InChI=1S/C10H14N5O7P/c11-8-5-9(13-2-12-8)15(3-14-5)10-7(17)6(16)4(22-10)1-21-23(18,19)20/h2-4,6-7,10,16-17H,1H2,(H2,11,12,13)(H2,18,19,20)/t4-,6-,7+,10-/m1/s1. The van der Waals surface area contributed by atoms with E-state index in [-0.39, 0.29) is 11.5 Å². The first-order chi connectivity index (χ1) is 10.8. The van der Waals surface area contributed by atoms with Gasteiger partial charge in [0.2, 0.25) is 0 Å². The van der Waals surface area contributed by atoms with Crippen LogP contribution in [-0.2, 0) is 13.8 Å². The second-order valence-electron chi connectivity index (χ2n) is 4.92. The maximum atomic E-state index is 10.7. The molecule has 0 unspecified atom stereocenters. The third kappa shape index (κ3) is 3.05. The third-order valence-corrected chi connectivity index (χ3v) is 3.89. The van der Waals surface area contributed by atoms with E-state index in [1.807, 2.05) is 0 Å². The van der Waals surface area contributed by atoms with Crippen LogP contribution >= 0.6 is 7.82 Å². The number of aliphatic hydroxyl groups excluding tert-OH is 2. The van der Waals surface area contributed by atoms with E-state index >= 15 is 0 Å². The number of hydrogen-bond acceptors (Lipinski definition) is 9. The molecule has 2 aromatic heterocycles. The van der Waals surface area contributed by atoms with Gasteiger partial charge in [-0.2, -0.15) is 0 Å². The highest BCUT2D eigenvalue weighted by Crippen LogP contribution is 2.38. The van der Waals surface area contributed by atoms with Gasteiger partial charge in [0.15, 0.2) is 17.7 Å². The first kappa shape index (κ1) is 16.2. The Balaban J connectivity index is 1.85. The Morgan fingerprint density at radius 1 is 1.30 bits per heavy atom. The molecule has 12 nitrogen and oxygen atoms in total. The lowest BCUT2D eigenvalue weighted by atomic mass is 10.1. The highest BCUT2D eigenvalue weighted by atomic mass is 31.2. The molecule has 3 heterocycles. The highest BCUT2D eigenvalue weighted by Gasteiger charge is 2.45. The molecule has 1 aliphatic rings. The van der Waals surface area contributed by atoms with Crippen LogP contribution in [0.1, 0.15) is 6.23 Å². The number of imidazole rings is 1. The molecule has 0 bridgehead atoms. The predicted octanol–water partition coefficient (Wildman–Crippen LogP) is -1.86. The monoisotopic (exact) mass is 347 g/mol. The lowest BCUT2D eigenvalue weighted by molar-refractivity contribution is -0.0504. The number of anilines is 1. The van der Waals surface area contributed by atoms with Gasteiger partial charge in [-0.1, -0.05) is 0 Å². The molecule has 23 heavy (non-hydrogen) atoms. The fourth-order valence-electron chi connectivity index (χ4n) is 2.32. The Morgan fingerprint density at radius 2 is 2.04 bits per heavy atom. The van der Waals surface area contributed by atoms with E-state index in [0.717, 1.165) is 0 Å². The molecule has 126 valence electrons. The van der Waals surface area contributed by atoms with E-state index in [4.69, 9.17) is 20.3 Å². The number of nitrogens with zero attached hydrogens (tertiary/aromatic N) is 4. The van der Waals surface area contributed by atoms with Crippen molar-refractivity contribution in [3.05, 3.63) is 12.7 Å². The van der Waals surface area contributed by atoms with Gasteiger partial charge in [0.05, 0.1) is 12.9 Å². The second kappa shape index (κ2) is 5.76. The van der Waals surface area contributed by atoms with Crippen molar-refractivity contribution in [2.24, 2.45) is 0 Å². The fourth-order valence-corrected chi connectivity index (χ4v) is 2.66. The van der Waals surface area contributed by atoms with Crippen LogP contribution in [0.25, 0.3) is 11.2 Å². The summed E-state index contributed by atoms with van der Waals surface area (Å²) < 4.78 is 21.8. The minimum Gasteiger partial charge on any atom is -0.387 e. The number of hydrogen-bond donors (Lipinski definition) is 5. The quantitative estimate of drug-likeness (QED) is 0.390. The molecule has 3 rings (SSSR count). The van der Waals surface area contributed by atoms with Gasteiger partial charge in [0.25, 0.3) is 0 Å². The molecular formula is C10H14N5O7P. The van der Waals surface area contributed by atoms with Crippen molar-refractivity contribution < 1.29 is 33.8 Å². The van der Waals surface area contributed by atoms with Gasteiger partial charge in [-0.3, -0.25) is 9.09 Å². The summed E-state index contributed by atoms with van der Waals surface area (Å²) in [6.07, 6.45) is -2.49. The Labute approximate surface area is 128 Å². The minimum atomic E-state index is -4.72. The van der Waals surface area contributed by atoms with Gasteiger partial charge in [0, 0.05) is 0 Å². The Bertz CT molecular complexity index is 763. The molecule has 1 fully saturated rings. The predicted molar refractivity (Wildman–Crippen MR) is 73.7 cm³/mol. The van der Waals surface area contributed by atoms with Crippen LogP contribution in [0.4, 0.5) is 5.82 Å². The first-order valence-electron chi connectivity index (χ1n) is 6.42. The summed E-state index contributed by atoms with van der Waals surface area (Å²) in [6, 6.07) is 0. The lowest BCUT2D eigenvalue weighted by Gasteiger charge is -2.16. The zero-order chi connectivity index (χ0) is 16.8. The molecule has 0 radical (unpaired) electrons. The molecule has 0 aromatic carbocycles. The van der Waals surface area contributed by atoms with Crippen molar-refractivity contribution in [2.75, 3.05) is 12.3 Å². The maximum absolute atomic E-state index is 10.7. The van der Waals surface area contributed by atoms with Gasteiger partial charge >= 0.3 is 7.82 Å². The van der Waals surface area contributed by atoms with Crippen molar-refractivity contribution >= 4 is 24.8 Å². The number of nitrogen functional groups attached to an aromatic ring is 1. The first-order valence-corrected chi connectivity index (χ1v) is 7.95. The van der Waals surface area contributed by atoms with Crippen LogP contribution in [-0.4, -0.2) is 64.4 Å². The minimum absolute atomic E-state index is 0.142. The van der Waals surface area contributed by atoms with Gasteiger partial charge in [0.1, 0.15) is 30.2 Å². The number of ether oxygens (including phenoxy) is 1. The Kier molecular flexibility index (Phi) is 4.06. The van der Waals surface area contributed by atoms with Gasteiger partial charge in [-0.15, -0.1) is 0 Å². The molecule has 2 aromatic rings. The number of nitrogens with two attached hydrogens (primary N) is 1. The van der Waals surface area contributed by atoms with Crippen LogP contribution in [0.3, 0.4) is 0 Å². The van der Waals surface area contributed by atoms with Crippen molar-refractivity contribution in [1.82, 2.24) is 19.5 Å². The molecule has 0 amide bonds. The molecule has 4 atom stereocenters. The number of aliphatic hydroxyl groups is 2. The number of phosphoric ester groups is 1. The molecule has 1 aliphatic heterocycles. The maximum Gasteiger partial charge on any atom is 0.469 e. The van der Waals surface area contributed by atoms with Crippen molar-refractivity contribution in [3.63, 3.8) is 0 Å². The van der Waals surface area contributed by atoms with Crippen LogP contribution in [0.15, 0.2) is 12.7 Å². The SMILES string of the molecule is Nc1ncnc2c1ncn2[C@@H]1O[C@H](COP(=O)(O)O)[C@@H](O)[C@@H]1O. The molecule has 0 saturated carbocycles. The average Bonchev–Trinajstić information content (AvgIpc) is 3.01. The molecular weight excluding hydrogens is 333 g/mol. The van der Waals surface area contributed by atoms with E-state index in [2.05, 4.69) is 19.5 Å². The van der Waals surface area contributed by atoms with Gasteiger partial charge < -0.3 is 30.5 Å². The van der Waals surface area contributed by atoms with Crippen LogP contribution < -0.4 is 5.73 Å². The molecule has 1 saturated heterocycles. The largest absolute Gasteiger partial charge is 0.469 e. The lowest BCUT2D eigenvalue weighted by Crippen LogP contribution is -2.33. The number of aromatic nitrogens is 4. The fraction of sp³-hybridized carbons (Fsp3) is 0.500. The van der Waals surface area contributed by atoms with Crippen LogP contribution in [0.5, 0.6) is 0 Å². The topological polar surface area (TPSA) is 186 Å². The molecule has 13 heteroatoms. The summed E-state index contributed by atoms with van der Waals surface area (Å²) in [4.78, 5) is 29.2. The number of rotatable bonds is 4. The normalized spacial score (nSPS) is 28.5. The zero-order valence-corrected chi connectivity index (χ0v) is 12.4. The highest BCUT2D eigenvalue weighted by molar-refractivity contribution is 7.46. The van der Waals surface area contributed by atoms with Crippen molar-refractivity contribution in [1.29, 1.82) is 0 Å². The summed E-state index contributed by atoms with van der Waals surface area (Å²) in [5.74, 6) is 0.142. The molecule has 0 aliphatic carbocycles.